The molecule has 1 aliphatic rings. The van der Waals surface area contributed by atoms with Crippen LogP contribution in [0.4, 0.5) is 0 Å². The Kier molecular flexibility index (Phi) is 4.95. The SMILES string of the molecule is O=P(O)(CCc1ccccc1)C[NH+]1CCOCC1. The van der Waals surface area contributed by atoms with Gasteiger partial charge in [0, 0.05) is 6.16 Å². The predicted octanol–water partition coefficient (Wildman–Crippen LogP) is 0.372. The summed E-state index contributed by atoms with van der Waals surface area (Å²) in [6.07, 6.45) is 1.43. The highest BCUT2D eigenvalue weighted by Gasteiger charge is 2.26. The Hall–Kier alpha value is -0.670. The summed E-state index contributed by atoms with van der Waals surface area (Å²) in [5, 5.41) is 0. The minimum atomic E-state index is -3.02. The van der Waals surface area contributed by atoms with Crippen LogP contribution in [0.25, 0.3) is 0 Å². The summed E-state index contributed by atoms with van der Waals surface area (Å²) >= 11 is 0. The molecule has 0 aliphatic carbocycles. The lowest BCUT2D eigenvalue weighted by Crippen LogP contribution is -3.13. The molecule has 0 saturated carbocycles. The smallest absolute Gasteiger partial charge is 0.253 e. The molecule has 2 rings (SSSR count). The molecule has 0 spiro atoms. The average molecular weight is 270 g/mol. The summed E-state index contributed by atoms with van der Waals surface area (Å²) in [5.41, 5.74) is 1.13. The van der Waals surface area contributed by atoms with Crippen LogP contribution in [0.3, 0.4) is 0 Å². The maximum absolute atomic E-state index is 12.1. The van der Waals surface area contributed by atoms with Gasteiger partial charge in [-0.25, -0.2) is 0 Å². The Morgan fingerprint density at radius 1 is 1.22 bits per heavy atom. The Morgan fingerprint density at radius 3 is 2.56 bits per heavy atom. The van der Waals surface area contributed by atoms with E-state index in [0.717, 1.165) is 18.7 Å². The molecule has 2 N–H and O–H groups in total. The molecule has 1 aromatic carbocycles. The number of hydrogen-bond acceptors (Lipinski definition) is 2. The van der Waals surface area contributed by atoms with Crippen LogP contribution in [0, 0.1) is 0 Å². The van der Waals surface area contributed by atoms with Gasteiger partial charge in [-0.2, -0.15) is 0 Å². The number of ether oxygens (including phenoxy) is 1. The van der Waals surface area contributed by atoms with Crippen LogP contribution in [0.5, 0.6) is 0 Å². The molecule has 0 bridgehead atoms. The molecule has 1 heterocycles. The van der Waals surface area contributed by atoms with Gasteiger partial charge in [-0.15, -0.1) is 0 Å². The Labute approximate surface area is 108 Å². The van der Waals surface area contributed by atoms with E-state index in [0.29, 0.717) is 32.1 Å². The normalized spacial score (nSPS) is 20.5. The van der Waals surface area contributed by atoms with Crippen molar-refractivity contribution < 1.29 is 19.1 Å². The first-order valence-corrected chi connectivity index (χ1v) is 8.45. The number of hydrogen-bond donors (Lipinski definition) is 2. The molecule has 5 heteroatoms. The number of morpholine rings is 1. The van der Waals surface area contributed by atoms with Gasteiger partial charge in [0.05, 0.1) is 13.2 Å². The molecule has 100 valence electrons. The van der Waals surface area contributed by atoms with Crippen molar-refractivity contribution in [1.82, 2.24) is 0 Å². The number of nitrogens with one attached hydrogen (secondary N) is 1. The second kappa shape index (κ2) is 6.48. The second-order valence-electron chi connectivity index (χ2n) is 4.83. The zero-order valence-corrected chi connectivity index (χ0v) is 11.4. The molecule has 1 fully saturated rings. The number of benzene rings is 1. The van der Waals surface area contributed by atoms with Crippen molar-refractivity contribution in [3.8, 4) is 0 Å². The largest absolute Gasteiger partial charge is 0.370 e. The highest BCUT2D eigenvalue weighted by molar-refractivity contribution is 7.57. The van der Waals surface area contributed by atoms with E-state index in [9.17, 15) is 9.46 Å². The topological polar surface area (TPSA) is 51.0 Å². The molecular formula is C13H21NO3P+. The van der Waals surface area contributed by atoms with Crippen LogP contribution >= 0.6 is 7.37 Å². The van der Waals surface area contributed by atoms with Gasteiger partial charge in [0.25, 0.3) is 7.37 Å². The molecule has 0 radical (unpaired) electrons. The Morgan fingerprint density at radius 2 is 1.89 bits per heavy atom. The number of quaternary nitrogens is 1. The van der Waals surface area contributed by atoms with E-state index in [1.165, 1.54) is 4.90 Å². The highest BCUT2D eigenvalue weighted by atomic mass is 31.2. The molecule has 1 aliphatic heterocycles. The quantitative estimate of drug-likeness (QED) is 0.760. The molecule has 1 saturated heterocycles. The van der Waals surface area contributed by atoms with E-state index in [4.69, 9.17) is 4.74 Å². The fourth-order valence-corrected chi connectivity index (χ4v) is 3.98. The van der Waals surface area contributed by atoms with Crippen molar-refractivity contribution in [2.45, 2.75) is 6.42 Å². The first-order valence-electron chi connectivity index (χ1n) is 6.42. The minimum Gasteiger partial charge on any atom is -0.370 e. The van der Waals surface area contributed by atoms with Gasteiger partial charge in [-0.3, -0.25) is 4.57 Å². The summed E-state index contributed by atoms with van der Waals surface area (Å²) in [6.45, 7) is 3.09. The maximum atomic E-state index is 12.1. The molecular weight excluding hydrogens is 249 g/mol. The molecule has 0 aromatic heterocycles. The van der Waals surface area contributed by atoms with Crippen molar-refractivity contribution >= 4 is 7.37 Å². The third-order valence-electron chi connectivity index (χ3n) is 3.26. The van der Waals surface area contributed by atoms with Gasteiger partial charge in [0.2, 0.25) is 0 Å². The summed E-state index contributed by atoms with van der Waals surface area (Å²) in [6, 6.07) is 9.89. The highest BCUT2D eigenvalue weighted by Crippen LogP contribution is 2.38. The van der Waals surface area contributed by atoms with Crippen molar-refractivity contribution in [3.63, 3.8) is 0 Å². The molecule has 4 nitrogen and oxygen atoms in total. The summed E-state index contributed by atoms with van der Waals surface area (Å²) in [7, 11) is -3.02. The zero-order valence-electron chi connectivity index (χ0n) is 10.5. The standard InChI is InChI=1S/C13H20NO3P/c15-18(16,12-14-7-9-17-10-8-14)11-6-13-4-2-1-3-5-13/h1-5H,6-12H2,(H,15,16)/p+1. The maximum Gasteiger partial charge on any atom is 0.253 e. The van der Waals surface area contributed by atoms with E-state index >= 15 is 0 Å². The molecule has 1 aromatic rings. The Bertz CT molecular complexity index is 404. The fourth-order valence-electron chi connectivity index (χ4n) is 2.20. The third kappa shape index (κ3) is 4.54. The van der Waals surface area contributed by atoms with Crippen molar-refractivity contribution in [3.05, 3.63) is 35.9 Å². The van der Waals surface area contributed by atoms with Gasteiger partial charge in [-0.05, 0) is 12.0 Å². The molecule has 0 amide bonds. The van der Waals surface area contributed by atoms with E-state index in [2.05, 4.69) is 0 Å². The fraction of sp³-hybridized carbons (Fsp3) is 0.538. The van der Waals surface area contributed by atoms with Gasteiger partial charge in [0.1, 0.15) is 13.1 Å². The first kappa shape index (κ1) is 13.8. The monoisotopic (exact) mass is 270 g/mol. The zero-order chi connectivity index (χ0) is 12.8. The van der Waals surface area contributed by atoms with Crippen molar-refractivity contribution in [2.24, 2.45) is 0 Å². The van der Waals surface area contributed by atoms with Crippen LogP contribution in [0.1, 0.15) is 5.56 Å². The van der Waals surface area contributed by atoms with Crippen LogP contribution in [0.2, 0.25) is 0 Å². The van der Waals surface area contributed by atoms with E-state index in [1.54, 1.807) is 0 Å². The summed E-state index contributed by atoms with van der Waals surface area (Å²) < 4.78 is 17.4. The lowest BCUT2D eigenvalue weighted by atomic mass is 10.2. The van der Waals surface area contributed by atoms with Crippen LogP contribution in [-0.4, -0.2) is 43.6 Å². The average Bonchev–Trinajstić information content (AvgIpc) is 2.38. The van der Waals surface area contributed by atoms with Gasteiger partial charge in [-0.1, -0.05) is 30.3 Å². The van der Waals surface area contributed by atoms with Crippen molar-refractivity contribution in [2.75, 3.05) is 38.8 Å². The molecule has 1 unspecified atom stereocenters. The number of aryl methyl sites for hydroxylation is 1. The van der Waals surface area contributed by atoms with Crippen LogP contribution in [-0.2, 0) is 15.7 Å². The third-order valence-corrected chi connectivity index (χ3v) is 5.13. The summed E-state index contributed by atoms with van der Waals surface area (Å²) in [5.74, 6) is 0. The molecule has 1 atom stereocenters. The molecule has 18 heavy (non-hydrogen) atoms. The van der Waals surface area contributed by atoms with Crippen molar-refractivity contribution in [1.29, 1.82) is 0 Å². The van der Waals surface area contributed by atoms with Gasteiger partial charge < -0.3 is 14.5 Å². The lowest BCUT2D eigenvalue weighted by Gasteiger charge is -2.25. The summed E-state index contributed by atoms with van der Waals surface area (Å²) in [4.78, 5) is 11.2. The van der Waals surface area contributed by atoms with Gasteiger partial charge >= 0.3 is 0 Å². The predicted molar refractivity (Wildman–Crippen MR) is 71.2 cm³/mol. The van der Waals surface area contributed by atoms with Crippen LogP contribution < -0.4 is 4.90 Å². The Balaban J connectivity index is 1.81. The van der Waals surface area contributed by atoms with Crippen LogP contribution in [0.15, 0.2) is 30.3 Å². The van der Waals surface area contributed by atoms with E-state index < -0.39 is 7.37 Å². The second-order valence-corrected chi connectivity index (χ2v) is 7.28. The number of rotatable bonds is 5. The van der Waals surface area contributed by atoms with Gasteiger partial charge in [0.15, 0.2) is 6.29 Å². The van der Waals surface area contributed by atoms with E-state index in [1.807, 2.05) is 30.3 Å². The minimum absolute atomic E-state index is 0.376. The first-order chi connectivity index (χ1) is 8.66. The van der Waals surface area contributed by atoms with E-state index in [-0.39, 0.29) is 0 Å². The lowest BCUT2D eigenvalue weighted by molar-refractivity contribution is -0.897.